The van der Waals surface area contributed by atoms with E-state index in [-0.39, 0.29) is 17.8 Å². The SMILES string of the molecule is CC1c2nnc(-c3nc4ccc(F)cc4s3)n2CCN1C(=O)c1ccc(Cl)cc1. The molecule has 1 aliphatic rings. The normalized spacial score (nSPS) is 16.2. The summed E-state index contributed by atoms with van der Waals surface area (Å²) in [6.45, 7) is 3.02. The molecule has 1 atom stereocenters. The molecule has 0 bridgehead atoms. The fourth-order valence-electron chi connectivity index (χ4n) is 3.57. The first-order valence-electron chi connectivity index (χ1n) is 9.07. The number of aromatic nitrogens is 4. The summed E-state index contributed by atoms with van der Waals surface area (Å²) in [5.74, 6) is 0.993. The van der Waals surface area contributed by atoms with Gasteiger partial charge in [0.1, 0.15) is 5.82 Å². The van der Waals surface area contributed by atoms with Crippen molar-refractivity contribution < 1.29 is 9.18 Å². The second kappa shape index (κ2) is 6.89. The Hall–Kier alpha value is -2.84. The first kappa shape index (κ1) is 18.2. The van der Waals surface area contributed by atoms with Crippen LogP contribution in [0.25, 0.3) is 21.0 Å². The highest BCUT2D eigenvalue weighted by Gasteiger charge is 2.32. The van der Waals surface area contributed by atoms with Gasteiger partial charge in [0.05, 0.1) is 16.3 Å². The molecule has 2 aromatic heterocycles. The summed E-state index contributed by atoms with van der Waals surface area (Å²) in [6.07, 6.45) is 0. The molecule has 6 nitrogen and oxygen atoms in total. The van der Waals surface area contributed by atoms with Crippen LogP contribution in [0.2, 0.25) is 5.02 Å². The molecule has 4 aromatic rings. The van der Waals surface area contributed by atoms with Crippen LogP contribution in [-0.4, -0.2) is 37.1 Å². The van der Waals surface area contributed by atoms with Crippen molar-refractivity contribution in [2.75, 3.05) is 6.54 Å². The molecule has 0 saturated heterocycles. The maximum absolute atomic E-state index is 13.5. The van der Waals surface area contributed by atoms with Crippen molar-refractivity contribution >= 4 is 39.1 Å². The second-order valence-electron chi connectivity index (χ2n) is 6.85. The lowest BCUT2D eigenvalue weighted by molar-refractivity contribution is 0.0638. The van der Waals surface area contributed by atoms with Crippen molar-refractivity contribution in [2.45, 2.75) is 19.5 Å². The lowest BCUT2D eigenvalue weighted by Gasteiger charge is -2.33. The minimum atomic E-state index is -0.291. The van der Waals surface area contributed by atoms with Crippen molar-refractivity contribution in [3.05, 3.63) is 64.7 Å². The fourth-order valence-corrected chi connectivity index (χ4v) is 4.68. The predicted octanol–water partition coefficient (Wildman–Crippen LogP) is 4.56. The number of nitrogens with zero attached hydrogens (tertiary/aromatic N) is 5. The molecule has 1 aliphatic heterocycles. The van der Waals surface area contributed by atoms with Crippen LogP contribution in [0.1, 0.15) is 29.1 Å². The summed E-state index contributed by atoms with van der Waals surface area (Å²) in [5, 5.41) is 9.94. The summed E-state index contributed by atoms with van der Waals surface area (Å²) < 4.78 is 16.2. The van der Waals surface area contributed by atoms with Gasteiger partial charge in [-0.1, -0.05) is 11.6 Å². The Bertz CT molecular complexity index is 1240. The third kappa shape index (κ3) is 3.08. The van der Waals surface area contributed by atoms with Crippen LogP contribution in [0.15, 0.2) is 42.5 Å². The van der Waals surface area contributed by atoms with Crippen molar-refractivity contribution in [2.24, 2.45) is 0 Å². The van der Waals surface area contributed by atoms with Crippen LogP contribution in [0.4, 0.5) is 4.39 Å². The van der Waals surface area contributed by atoms with Gasteiger partial charge in [0.25, 0.3) is 5.91 Å². The molecule has 1 amide bonds. The van der Waals surface area contributed by atoms with E-state index >= 15 is 0 Å². The first-order valence-corrected chi connectivity index (χ1v) is 10.3. The molecule has 0 spiro atoms. The number of halogens is 2. The third-order valence-electron chi connectivity index (χ3n) is 5.08. The summed E-state index contributed by atoms with van der Waals surface area (Å²) in [5.41, 5.74) is 1.31. The molecule has 0 radical (unpaired) electrons. The number of benzene rings is 2. The molecule has 9 heteroatoms. The van der Waals surface area contributed by atoms with E-state index in [1.165, 1.54) is 23.5 Å². The second-order valence-corrected chi connectivity index (χ2v) is 8.31. The Balaban J connectivity index is 1.47. The van der Waals surface area contributed by atoms with E-state index in [0.717, 1.165) is 10.2 Å². The third-order valence-corrected chi connectivity index (χ3v) is 6.34. The summed E-state index contributed by atoms with van der Waals surface area (Å²) in [7, 11) is 0. The number of fused-ring (bicyclic) bond motifs is 2. The van der Waals surface area contributed by atoms with Gasteiger partial charge in [0.15, 0.2) is 16.7 Å². The van der Waals surface area contributed by atoms with Crippen LogP contribution < -0.4 is 0 Å². The number of rotatable bonds is 2. The molecule has 1 unspecified atom stereocenters. The summed E-state index contributed by atoms with van der Waals surface area (Å²) in [4.78, 5) is 19.3. The average Bonchev–Trinajstić information content (AvgIpc) is 3.32. The zero-order chi connectivity index (χ0) is 20.1. The quantitative estimate of drug-likeness (QED) is 0.470. The lowest BCUT2D eigenvalue weighted by Crippen LogP contribution is -2.41. The van der Waals surface area contributed by atoms with Crippen molar-refractivity contribution in [3.63, 3.8) is 0 Å². The van der Waals surface area contributed by atoms with Crippen LogP contribution in [-0.2, 0) is 6.54 Å². The number of carbonyl (C=O) groups excluding carboxylic acids is 1. The largest absolute Gasteiger partial charge is 0.327 e. The van der Waals surface area contributed by atoms with E-state index in [0.29, 0.717) is 40.3 Å². The average molecular weight is 428 g/mol. The topological polar surface area (TPSA) is 63.9 Å². The van der Waals surface area contributed by atoms with Crippen LogP contribution >= 0.6 is 22.9 Å². The predicted molar refractivity (Wildman–Crippen MR) is 109 cm³/mol. The molecule has 0 fully saturated rings. The highest BCUT2D eigenvalue weighted by atomic mass is 35.5. The van der Waals surface area contributed by atoms with Gasteiger partial charge in [-0.25, -0.2) is 9.37 Å². The van der Waals surface area contributed by atoms with E-state index in [2.05, 4.69) is 15.2 Å². The zero-order valence-electron chi connectivity index (χ0n) is 15.3. The highest BCUT2D eigenvalue weighted by molar-refractivity contribution is 7.21. The van der Waals surface area contributed by atoms with Gasteiger partial charge in [0, 0.05) is 23.7 Å². The number of amides is 1. The van der Waals surface area contributed by atoms with Crippen molar-refractivity contribution in [1.29, 1.82) is 0 Å². The molecule has 0 saturated carbocycles. The van der Waals surface area contributed by atoms with Gasteiger partial charge in [-0.05, 0) is 49.4 Å². The number of carbonyl (C=O) groups is 1. The lowest BCUT2D eigenvalue weighted by atomic mass is 10.1. The molecule has 146 valence electrons. The smallest absolute Gasteiger partial charge is 0.254 e. The molecule has 2 aromatic carbocycles. The Kier molecular flexibility index (Phi) is 4.33. The maximum Gasteiger partial charge on any atom is 0.254 e. The molecule has 0 N–H and O–H groups in total. The van der Waals surface area contributed by atoms with Gasteiger partial charge >= 0.3 is 0 Å². The van der Waals surface area contributed by atoms with Crippen LogP contribution in [0, 0.1) is 5.82 Å². The minimum Gasteiger partial charge on any atom is -0.327 e. The molecule has 5 rings (SSSR count). The van der Waals surface area contributed by atoms with Gasteiger partial charge in [0.2, 0.25) is 0 Å². The number of hydrogen-bond donors (Lipinski definition) is 0. The highest BCUT2D eigenvalue weighted by Crippen LogP contribution is 2.33. The maximum atomic E-state index is 13.5. The Morgan fingerprint density at radius 3 is 2.76 bits per heavy atom. The van der Waals surface area contributed by atoms with Crippen molar-refractivity contribution in [1.82, 2.24) is 24.6 Å². The summed E-state index contributed by atoms with van der Waals surface area (Å²) in [6, 6.07) is 11.2. The van der Waals surface area contributed by atoms with Gasteiger partial charge in [-0.2, -0.15) is 0 Å². The van der Waals surface area contributed by atoms with Gasteiger partial charge in [-0.15, -0.1) is 21.5 Å². The van der Waals surface area contributed by atoms with Gasteiger partial charge in [-0.3, -0.25) is 4.79 Å². The Morgan fingerprint density at radius 1 is 1.17 bits per heavy atom. The zero-order valence-corrected chi connectivity index (χ0v) is 16.9. The van der Waals surface area contributed by atoms with E-state index in [4.69, 9.17) is 11.6 Å². The Morgan fingerprint density at radius 2 is 1.97 bits per heavy atom. The first-order chi connectivity index (χ1) is 14.0. The monoisotopic (exact) mass is 427 g/mol. The molecular formula is C20H15ClFN5OS. The molecule has 29 heavy (non-hydrogen) atoms. The van der Waals surface area contributed by atoms with Crippen LogP contribution in [0.3, 0.4) is 0 Å². The van der Waals surface area contributed by atoms with E-state index in [1.807, 2.05) is 11.5 Å². The minimum absolute atomic E-state index is 0.0690. The van der Waals surface area contributed by atoms with E-state index in [9.17, 15) is 9.18 Å². The fraction of sp³-hybridized carbons (Fsp3) is 0.200. The van der Waals surface area contributed by atoms with E-state index in [1.54, 1.807) is 35.2 Å². The number of thiazole rings is 1. The molecule has 3 heterocycles. The van der Waals surface area contributed by atoms with Gasteiger partial charge < -0.3 is 9.47 Å². The number of hydrogen-bond acceptors (Lipinski definition) is 5. The molecular weight excluding hydrogens is 413 g/mol. The van der Waals surface area contributed by atoms with Crippen LogP contribution in [0.5, 0.6) is 0 Å². The standard InChI is InChI=1S/C20H15ClFN5OS/c1-11-17-24-25-18(19-23-15-7-6-14(22)10-16(15)29-19)27(17)9-8-26(11)20(28)12-2-4-13(21)5-3-12/h2-7,10-11H,8-9H2,1H3. The van der Waals surface area contributed by atoms with Crippen molar-refractivity contribution in [3.8, 4) is 10.8 Å². The van der Waals surface area contributed by atoms with E-state index < -0.39 is 0 Å². The summed E-state index contributed by atoms with van der Waals surface area (Å²) >= 11 is 7.31. The Labute approximate surface area is 174 Å². The molecule has 0 aliphatic carbocycles.